The zero-order valence-corrected chi connectivity index (χ0v) is 8.05. The first kappa shape index (κ1) is 11.2. The van der Waals surface area contributed by atoms with Gasteiger partial charge in [-0.3, -0.25) is 4.89 Å². The molecule has 4 heteroatoms. The molecule has 0 N–H and O–H groups in total. The summed E-state index contributed by atoms with van der Waals surface area (Å²) in [6.45, 7) is 7.58. The second-order valence-electron chi connectivity index (χ2n) is 2.96. The summed E-state index contributed by atoms with van der Waals surface area (Å²) in [6.07, 6.45) is -0.0579. The SMILES string of the molecule is CCOOC(=O)OC(C)(C)CC. The highest BCUT2D eigenvalue weighted by Gasteiger charge is 2.21. The minimum absolute atomic E-state index is 0.321. The maximum absolute atomic E-state index is 10.8. The van der Waals surface area contributed by atoms with Crippen LogP contribution in [0.15, 0.2) is 0 Å². The number of hydrogen-bond acceptors (Lipinski definition) is 4. The smallest absolute Gasteiger partial charge is 0.426 e. The largest absolute Gasteiger partial charge is 0.540 e. The molecule has 0 aliphatic carbocycles. The number of hydrogen-bond donors (Lipinski definition) is 0. The zero-order valence-electron chi connectivity index (χ0n) is 8.05. The first-order valence-corrected chi connectivity index (χ1v) is 4.04. The maximum Gasteiger partial charge on any atom is 0.540 e. The van der Waals surface area contributed by atoms with Crippen molar-refractivity contribution in [2.45, 2.75) is 39.7 Å². The number of ether oxygens (including phenoxy) is 1. The standard InChI is InChI=1S/C8H16O4/c1-5-8(3,4)11-7(9)12-10-6-2/h5-6H2,1-4H3. The Morgan fingerprint density at radius 2 is 1.92 bits per heavy atom. The Kier molecular flexibility index (Phi) is 4.66. The van der Waals surface area contributed by atoms with Crippen molar-refractivity contribution in [1.29, 1.82) is 0 Å². The van der Waals surface area contributed by atoms with Crippen molar-refractivity contribution in [2.75, 3.05) is 6.61 Å². The van der Waals surface area contributed by atoms with Gasteiger partial charge in [-0.1, -0.05) is 6.92 Å². The third-order valence-corrected chi connectivity index (χ3v) is 1.46. The predicted molar refractivity (Wildman–Crippen MR) is 43.6 cm³/mol. The summed E-state index contributed by atoms with van der Waals surface area (Å²) < 4.78 is 4.90. The number of carbonyl (C=O) groups is 1. The summed E-state index contributed by atoms with van der Waals surface area (Å²) in [4.78, 5) is 19.5. The summed E-state index contributed by atoms with van der Waals surface area (Å²) in [5.41, 5.74) is -0.492. The summed E-state index contributed by atoms with van der Waals surface area (Å²) in [7, 11) is 0. The van der Waals surface area contributed by atoms with Crippen LogP contribution in [0.1, 0.15) is 34.1 Å². The zero-order chi connectivity index (χ0) is 9.61. The normalized spacial score (nSPS) is 11.0. The van der Waals surface area contributed by atoms with Crippen LogP contribution in [0.4, 0.5) is 4.79 Å². The molecule has 0 unspecified atom stereocenters. The van der Waals surface area contributed by atoms with E-state index in [2.05, 4.69) is 9.78 Å². The molecule has 0 aromatic carbocycles. The van der Waals surface area contributed by atoms with Gasteiger partial charge in [0.15, 0.2) is 0 Å². The van der Waals surface area contributed by atoms with Crippen LogP contribution in [0.3, 0.4) is 0 Å². The number of carbonyl (C=O) groups excluding carboxylic acids is 1. The summed E-state index contributed by atoms with van der Waals surface area (Å²) in [5, 5.41) is 0. The molecule has 12 heavy (non-hydrogen) atoms. The second-order valence-corrected chi connectivity index (χ2v) is 2.96. The Bertz CT molecular complexity index is 142. The molecule has 0 spiro atoms. The Morgan fingerprint density at radius 1 is 1.33 bits per heavy atom. The van der Waals surface area contributed by atoms with Gasteiger partial charge < -0.3 is 4.74 Å². The first-order chi connectivity index (χ1) is 5.52. The molecular formula is C8H16O4. The summed E-state index contributed by atoms with van der Waals surface area (Å²) in [5.74, 6) is 0. The van der Waals surface area contributed by atoms with E-state index in [4.69, 9.17) is 4.74 Å². The van der Waals surface area contributed by atoms with Crippen molar-refractivity contribution < 1.29 is 19.3 Å². The summed E-state index contributed by atoms with van der Waals surface area (Å²) in [6, 6.07) is 0. The molecule has 0 saturated heterocycles. The van der Waals surface area contributed by atoms with Crippen molar-refractivity contribution in [3.8, 4) is 0 Å². The topological polar surface area (TPSA) is 44.8 Å². The van der Waals surface area contributed by atoms with Gasteiger partial charge in [0, 0.05) is 0 Å². The average Bonchev–Trinajstić information content (AvgIpc) is 2.00. The molecule has 0 fully saturated rings. The van der Waals surface area contributed by atoms with Gasteiger partial charge in [-0.2, -0.15) is 4.89 Å². The van der Waals surface area contributed by atoms with Crippen LogP contribution in [0.2, 0.25) is 0 Å². The van der Waals surface area contributed by atoms with Crippen LogP contribution in [0, 0.1) is 0 Å². The Morgan fingerprint density at radius 3 is 2.33 bits per heavy atom. The van der Waals surface area contributed by atoms with Crippen LogP contribution < -0.4 is 0 Å². The fourth-order valence-electron chi connectivity index (χ4n) is 0.422. The molecule has 0 saturated carbocycles. The highest BCUT2D eigenvalue weighted by atomic mass is 17.2. The van der Waals surface area contributed by atoms with E-state index in [9.17, 15) is 4.79 Å². The molecule has 0 rings (SSSR count). The molecule has 0 amide bonds. The molecule has 0 radical (unpaired) electrons. The van der Waals surface area contributed by atoms with Crippen LogP contribution >= 0.6 is 0 Å². The highest BCUT2D eigenvalue weighted by molar-refractivity contribution is 5.59. The lowest BCUT2D eigenvalue weighted by molar-refractivity contribution is -0.258. The Hall–Kier alpha value is -0.770. The van der Waals surface area contributed by atoms with Gasteiger partial charge in [0.25, 0.3) is 0 Å². The van der Waals surface area contributed by atoms with Crippen LogP contribution in [-0.2, 0) is 14.5 Å². The van der Waals surface area contributed by atoms with E-state index in [0.717, 1.165) is 6.42 Å². The van der Waals surface area contributed by atoms with E-state index < -0.39 is 11.8 Å². The molecule has 0 aliphatic rings. The lowest BCUT2D eigenvalue weighted by atomic mass is 10.1. The fourth-order valence-corrected chi connectivity index (χ4v) is 0.422. The van der Waals surface area contributed by atoms with E-state index in [0.29, 0.717) is 6.61 Å². The molecule has 0 heterocycles. The van der Waals surface area contributed by atoms with Crippen LogP contribution in [-0.4, -0.2) is 18.4 Å². The molecular weight excluding hydrogens is 160 g/mol. The van der Waals surface area contributed by atoms with Crippen molar-refractivity contribution in [3.63, 3.8) is 0 Å². The van der Waals surface area contributed by atoms with Gasteiger partial charge in [-0.25, -0.2) is 4.79 Å². The average molecular weight is 176 g/mol. The molecule has 0 aromatic rings. The van der Waals surface area contributed by atoms with Crippen molar-refractivity contribution in [2.24, 2.45) is 0 Å². The predicted octanol–water partition coefficient (Wildman–Crippen LogP) is 2.28. The van der Waals surface area contributed by atoms with Gasteiger partial charge in [0.05, 0.1) is 6.61 Å². The van der Waals surface area contributed by atoms with Gasteiger partial charge >= 0.3 is 6.16 Å². The lowest BCUT2D eigenvalue weighted by Gasteiger charge is -2.21. The van der Waals surface area contributed by atoms with E-state index in [1.54, 1.807) is 20.8 Å². The maximum atomic E-state index is 10.8. The quantitative estimate of drug-likeness (QED) is 0.374. The van der Waals surface area contributed by atoms with E-state index >= 15 is 0 Å². The van der Waals surface area contributed by atoms with Gasteiger partial charge in [-0.05, 0) is 27.2 Å². The van der Waals surface area contributed by atoms with E-state index in [1.165, 1.54) is 0 Å². The molecule has 0 aromatic heterocycles. The summed E-state index contributed by atoms with van der Waals surface area (Å²) >= 11 is 0. The Balaban J connectivity index is 3.68. The molecule has 0 bridgehead atoms. The van der Waals surface area contributed by atoms with Crippen molar-refractivity contribution in [3.05, 3.63) is 0 Å². The third-order valence-electron chi connectivity index (χ3n) is 1.46. The van der Waals surface area contributed by atoms with E-state index in [-0.39, 0.29) is 0 Å². The third kappa shape index (κ3) is 4.96. The molecule has 72 valence electrons. The lowest BCUT2D eigenvalue weighted by Crippen LogP contribution is -2.27. The van der Waals surface area contributed by atoms with E-state index in [1.807, 2.05) is 6.92 Å². The molecule has 4 nitrogen and oxygen atoms in total. The van der Waals surface area contributed by atoms with Gasteiger partial charge in [0.1, 0.15) is 5.60 Å². The van der Waals surface area contributed by atoms with Crippen molar-refractivity contribution >= 4 is 6.16 Å². The fraction of sp³-hybridized carbons (Fsp3) is 0.875. The minimum atomic E-state index is -0.788. The minimum Gasteiger partial charge on any atom is -0.426 e. The monoisotopic (exact) mass is 176 g/mol. The number of rotatable bonds is 4. The Labute approximate surface area is 72.7 Å². The first-order valence-electron chi connectivity index (χ1n) is 4.04. The van der Waals surface area contributed by atoms with Crippen LogP contribution in [0.25, 0.3) is 0 Å². The van der Waals surface area contributed by atoms with Crippen molar-refractivity contribution in [1.82, 2.24) is 0 Å². The molecule has 0 atom stereocenters. The van der Waals surface area contributed by atoms with Crippen LogP contribution in [0.5, 0.6) is 0 Å². The van der Waals surface area contributed by atoms with Gasteiger partial charge in [-0.15, -0.1) is 0 Å². The highest BCUT2D eigenvalue weighted by Crippen LogP contribution is 2.14. The second kappa shape index (κ2) is 4.98. The molecule has 0 aliphatic heterocycles. The van der Waals surface area contributed by atoms with Gasteiger partial charge in [0.2, 0.25) is 0 Å².